The minimum Gasteiger partial charge on any atom is -0.323 e. The number of fused-ring (bicyclic) bond motifs is 1. The third-order valence-electron chi connectivity index (χ3n) is 4.21. The number of hydrogen-bond donors (Lipinski definition) is 2. The molecule has 7 nitrogen and oxygen atoms in total. The molecule has 1 atom stereocenters. The van der Waals surface area contributed by atoms with Crippen molar-refractivity contribution in [3.05, 3.63) is 59.7 Å². The van der Waals surface area contributed by atoms with Gasteiger partial charge in [0.05, 0.1) is 10.9 Å². The Morgan fingerprint density at radius 2 is 1.76 bits per heavy atom. The zero-order valence-electron chi connectivity index (χ0n) is 13.5. The smallest absolute Gasteiger partial charge is 0.313 e. The van der Waals surface area contributed by atoms with Crippen molar-refractivity contribution in [3.63, 3.8) is 0 Å². The van der Waals surface area contributed by atoms with Gasteiger partial charge in [0.2, 0.25) is 10.0 Å². The van der Waals surface area contributed by atoms with Gasteiger partial charge in [-0.2, -0.15) is 0 Å². The summed E-state index contributed by atoms with van der Waals surface area (Å²) in [6.07, 6.45) is 0. The summed E-state index contributed by atoms with van der Waals surface area (Å²) in [5.41, 5.74) is 2.37. The van der Waals surface area contributed by atoms with E-state index in [1.54, 1.807) is 0 Å². The molecule has 0 aromatic heterocycles. The molecule has 25 heavy (non-hydrogen) atoms. The standard InChI is InChI=1S/C17H17N3O4S/c1-11-15-5-3-2-4-12(15)10-20(11)17(22)16(21)19-13-6-8-14(9-7-13)25(18,23)24/h2-9,11H,10H2,1H3,(H,19,21)(H2,18,23,24). The second-order valence-corrected chi connectivity index (χ2v) is 7.39. The second kappa shape index (κ2) is 6.30. The average molecular weight is 359 g/mol. The summed E-state index contributed by atoms with van der Waals surface area (Å²) in [7, 11) is -3.80. The van der Waals surface area contributed by atoms with E-state index in [-0.39, 0.29) is 10.9 Å². The molecular weight excluding hydrogens is 342 g/mol. The van der Waals surface area contributed by atoms with Gasteiger partial charge < -0.3 is 10.2 Å². The number of carbonyl (C=O) groups excluding carboxylic acids is 2. The highest BCUT2D eigenvalue weighted by molar-refractivity contribution is 7.89. The molecule has 0 radical (unpaired) electrons. The van der Waals surface area contributed by atoms with Crippen molar-refractivity contribution >= 4 is 27.5 Å². The van der Waals surface area contributed by atoms with Crippen molar-refractivity contribution in [2.75, 3.05) is 5.32 Å². The van der Waals surface area contributed by atoms with Crippen LogP contribution in [0.1, 0.15) is 24.1 Å². The quantitative estimate of drug-likeness (QED) is 0.789. The van der Waals surface area contributed by atoms with Crippen molar-refractivity contribution in [3.8, 4) is 0 Å². The molecule has 0 spiro atoms. The SMILES string of the molecule is CC1c2ccccc2CN1C(=O)C(=O)Nc1ccc(S(N)(=O)=O)cc1. The summed E-state index contributed by atoms with van der Waals surface area (Å²) in [4.78, 5) is 26.1. The maximum atomic E-state index is 12.5. The highest BCUT2D eigenvalue weighted by Gasteiger charge is 2.33. The number of sulfonamides is 1. The monoisotopic (exact) mass is 359 g/mol. The Balaban J connectivity index is 1.71. The first-order valence-corrected chi connectivity index (χ1v) is 9.14. The molecule has 0 fully saturated rings. The largest absolute Gasteiger partial charge is 0.323 e. The molecule has 1 aliphatic heterocycles. The highest BCUT2D eigenvalue weighted by Crippen LogP contribution is 2.33. The topological polar surface area (TPSA) is 110 Å². The van der Waals surface area contributed by atoms with Crippen LogP contribution in [0.3, 0.4) is 0 Å². The van der Waals surface area contributed by atoms with E-state index >= 15 is 0 Å². The van der Waals surface area contributed by atoms with E-state index in [9.17, 15) is 18.0 Å². The first kappa shape index (κ1) is 17.1. The molecule has 1 aliphatic rings. The molecule has 0 saturated carbocycles. The molecular formula is C17H17N3O4S. The number of benzene rings is 2. The van der Waals surface area contributed by atoms with Gasteiger partial charge in [0.25, 0.3) is 0 Å². The lowest BCUT2D eigenvalue weighted by atomic mass is 10.1. The zero-order valence-corrected chi connectivity index (χ0v) is 14.3. The second-order valence-electron chi connectivity index (χ2n) is 5.83. The molecule has 130 valence electrons. The van der Waals surface area contributed by atoms with Gasteiger partial charge in [-0.15, -0.1) is 0 Å². The van der Waals surface area contributed by atoms with Gasteiger partial charge >= 0.3 is 11.8 Å². The number of carbonyl (C=O) groups is 2. The Morgan fingerprint density at radius 1 is 1.12 bits per heavy atom. The molecule has 0 aliphatic carbocycles. The van der Waals surface area contributed by atoms with Crippen molar-refractivity contribution in [1.29, 1.82) is 0 Å². The highest BCUT2D eigenvalue weighted by atomic mass is 32.2. The fourth-order valence-corrected chi connectivity index (χ4v) is 3.38. The maximum Gasteiger partial charge on any atom is 0.313 e. The van der Waals surface area contributed by atoms with E-state index < -0.39 is 21.8 Å². The van der Waals surface area contributed by atoms with Crippen LogP contribution >= 0.6 is 0 Å². The lowest BCUT2D eigenvalue weighted by Gasteiger charge is -2.21. The van der Waals surface area contributed by atoms with Crippen LogP contribution in [0, 0.1) is 0 Å². The Hall–Kier alpha value is -2.71. The summed E-state index contributed by atoms with van der Waals surface area (Å²) in [5.74, 6) is -1.41. The van der Waals surface area contributed by atoms with Gasteiger partial charge in [-0.25, -0.2) is 13.6 Å². The minimum absolute atomic E-state index is 0.0690. The van der Waals surface area contributed by atoms with Crippen LogP contribution in [-0.4, -0.2) is 25.1 Å². The minimum atomic E-state index is -3.80. The van der Waals surface area contributed by atoms with Crippen molar-refractivity contribution in [2.45, 2.75) is 24.4 Å². The van der Waals surface area contributed by atoms with Crippen molar-refractivity contribution < 1.29 is 18.0 Å². The fourth-order valence-electron chi connectivity index (χ4n) is 2.86. The molecule has 2 aromatic carbocycles. The summed E-state index contributed by atoms with van der Waals surface area (Å²) in [6, 6.07) is 12.8. The Kier molecular flexibility index (Phi) is 4.32. The zero-order chi connectivity index (χ0) is 18.2. The van der Waals surface area contributed by atoms with Crippen molar-refractivity contribution in [1.82, 2.24) is 4.90 Å². The Labute approximate surface area is 145 Å². The van der Waals surface area contributed by atoms with Gasteiger partial charge in [-0.1, -0.05) is 24.3 Å². The van der Waals surface area contributed by atoms with Crippen molar-refractivity contribution in [2.24, 2.45) is 5.14 Å². The van der Waals surface area contributed by atoms with E-state index in [0.717, 1.165) is 11.1 Å². The molecule has 3 N–H and O–H groups in total. The molecule has 0 saturated heterocycles. The first-order valence-electron chi connectivity index (χ1n) is 7.60. The van der Waals surface area contributed by atoms with Crippen LogP contribution in [0.25, 0.3) is 0 Å². The number of primary sulfonamides is 1. The van der Waals surface area contributed by atoms with Gasteiger partial charge in [-0.3, -0.25) is 9.59 Å². The third kappa shape index (κ3) is 3.40. The van der Waals surface area contributed by atoms with E-state index in [4.69, 9.17) is 5.14 Å². The number of hydrogen-bond acceptors (Lipinski definition) is 4. The lowest BCUT2D eigenvalue weighted by Crippen LogP contribution is -2.37. The molecule has 2 aromatic rings. The van der Waals surface area contributed by atoms with Crippen LogP contribution < -0.4 is 10.5 Å². The first-order chi connectivity index (χ1) is 11.8. The predicted octanol–water partition coefficient (Wildman–Crippen LogP) is 1.38. The maximum absolute atomic E-state index is 12.5. The Bertz CT molecular complexity index is 939. The lowest BCUT2D eigenvalue weighted by molar-refractivity contribution is -0.144. The molecule has 0 bridgehead atoms. The van der Waals surface area contributed by atoms with Gasteiger partial charge in [0, 0.05) is 12.2 Å². The molecule has 2 amide bonds. The summed E-state index contributed by atoms with van der Waals surface area (Å²) in [5, 5.41) is 7.50. The molecule has 3 rings (SSSR count). The number of nitrogens with one attached hydrogen (secondary N) is 1. The number of anilines is 1. The van der Waals surface area contributed by atoms with Gasteiger partial charge in [-0.05, 0) is 42.3 Å². The predicted molar refractivity (Wildman–Crippen MR) is 91.9 cm³/mol. The number of rotatable bonds is 2. The van der Waals surface area contributed by atoms with E-state index in [1.807, 2.05) is 31.2 Å². The molecule has 8 heteroatoms. The molecule has 1 unspecified atom stereocenters. The van der Waals surface area contributed by atoms with E-state index in [2.05, 4.69) is 5.32 Å². The summed E-state index contributed by atoms with van der Waals surface area (Å²) < 4.78 is 22.4. The van der Waals surface area contributed by atoms with Crippen LogP contribution in [0.2, 0.25) is 0 Å². The van der Waals surface area contributed by atoms with E-state index in [1.165, 1.54) is 29.2 Å². The number of amides is 2. The third-order valence-corrected chi connectivity index (χ3v) is 5.14. The van der Waals surface area contributed by atoms with Crippen LogP contribution in [0.5, 0.6) is 0 Å². The van der Waals surface area contributed by atoms with Gasteiger partial charge in [0.1, 0.15) is 0 Å². The van der Waals surface area contributed by atoms with Gasteiger partial charge in [0.15, 0.2) is 0 Å². The number of nitrogens with two attached hydrogens (primary N) is 1. The summed E-state index contributed by atoms with van der Waals surface area (Å²) >= 11 is 0. The van der Waals surface area contributed by atoms with E-state index in [0.29, 0.717) is 12.2 Å². The van der Waals surface area contributed by atoms with Crippen LogP contribution in [-0.2, 0) is 26.2 Å². The summed E-state index contributed by atoms with van der Waals surface area (Å²) in [6.45, 7) is 2.26. The number of nitrogens with zero attached hydrogens (tertiary/aromatic N) is 1. The molecule has 1 heterocycles. The Morgan fingerprint density at radius 3 is 2.36 bits per heavy atom. The fraction of sp³-hybridized carbons (Fsp3) is 0.176. The van der Waals surface area contributed by atoms with Crippen LogP contribution in [0.4, 0.5) is 5.69 Å². The average Bonchev–Trinajstić information content (AvgIpc) is 2.91. The normalized spacial score (nSPS) is 16.4. The van der Waals surface area contributed by atoms with Crippen LogP contribution in [0.15, 0.2) is 53.4 Å².